The van der Waals surface area contributed by atoms with Crippen molar-refractivity contribution in [3.8, 4) is 0 Å². The molecule has 0 unspecified atom stereocenters. The topological polar surface area (TPSA) is 40.0 Å². The lowest BCUT2D eigenvalue weighted by Crippen LogP contribution is -2.01. The van der Waals surface area contributed by atoms with Crippen molar-refractivity contribution in [3.05, 3.63) is 35.4 Å². The third kappa shape index (κ3) is 1.71. The van der Waals surface area contributed by atoms with Gasteiger partial charge in [-0.15, -0.1) is 0 Å². The average Bonchev–Trinajstić information content (AvgIpc) is 2.04. The van der Waals surface area contributed by atoms with Crippen LogP contribution >= 0.6 is 0 Å². The van der Waals surface area contributed by atoms with E-state index in [0.29, 0.717) is 5.56 Å². The molecule has 0 bridgehead atoms. The van der Waals surface area contributed by atoms with Crippen LogP contribution in [0, 0.1) is 0 Å². The molecule has 1 atom stereocenters. The van der Waals surface area contributed by atoms with Crippen molar-refractivity contribution < 1.29 is 9.90 Å². The molecular weight excluding hydrogens is 152 g/mol. The van der Waals surface area contributed by atoms with E-state index in [0.717, 1.165) is 5.56 Å². The Bertz CT molecular complexity index is 290. The minimum Gasteiger partial charge on any atom is -0.440 e. The van der Waals surface area contributed by atoms with Crippen LogP contribution < -0.4 is 0 Å². The first kappa shape index (κ1) is 8.94. The fourth-order valence-corrected chi connectivity index (χ4v) is 1.20. The van der Waals surface area contributed by atoms with Gasteiger partial charge in [0.2, 0.25) is 0 Å². The summed E-state index contributed by atoms with van der Waals surface area (Å²) >= 11 is 0. The predicted octanol–water partition coefficient (Wildman–Crippen LogP) is 1.67. The molecule has 1 rings (SSSR count). The van der Waals surface area contributed by atoms with Crippen molar-refractivity contribution in [2.75, 3.05) is 0 Å². The normalized spacial score (nSPS) is 12.6. The van der Waals surface area contributed by atoms with Crippen molar-refractivity contribution >= 4 is 5.78 Å². The number of Topliss-reactive ketones (excluding diaryl/α,β-unsaturated/α-hetero) is 1. The lowest BCUT2D eigenvalue weighted by molar-refractivity contribution is 0.101. The molecular formula is C10H13O2+. The summed E-state index contributed by atoms with van der Waals surface area (Å²) < 4.78 is 0. The number of rotatable bonds is 2. The van der Waals surface area contributed by atoms with Gasteiger partial charge in [0.25, 0.3) is 0 Å². The summed E-state index contributed by atoms with van der Waals surface area (Å²) in [6.45, 7) is 3.29. The number of benzene rings is 1. The van der Waals surface area contributed by atoms with Gasteiger partial charge >= 0.3 is 0 Å². The molecule has 0 aliphatic rings. The highest BCUT2D eigenvalue weighted by molar-refractivity contribution is 5.95. The smallest absolute Gasteiger partial charge is 0.177 e. The minimum absolute atomic E-state index is 0.0321. The Morgan fingerprint density at radius 2 is 2.00 bits per heavy atom. The van der Waals surface area contributed by atoms with E-state index in [-0.39, 0.29) is 11.9 Å². The standard InChI is InChI=1S/C10H12O2/c1-7(11)9-5-3-4-6-10(9)8(2)12/h3-7,11H,1-2H3/p+1/t7-/m0/s1. The highest BCUT2D eigenvalue weighted by atomic mass is 16.3. The monoisotopic (exact) mass is 165 g/mol. The minimum atomic E-state index is -0.329. The van der Waals surface area contributed by atoms with E-state index in [1.807, 2.05) is 18.2 Å². The van der Waals surface area contributed by atoms with Crippen molar-refractivity contribution in [1.29, 1.82) is 0 Å². The van der Waals surface area contributed by atoms with Gasteiger partial charge in [-0.05, 0) is 6.92 Å². The number of hydrogen-bond donors (Lipinski definition) is 0. The molecule has 0 saturated carbocycles. The summed E-state index contributed by atoms with van der Waals surface area (Å²) in [5.74, 6) is 0.0321. The molecule has 0 aliphatic heterocycles. The molecule has 0 aliphatic carbocycles. The Labute approximate surface area is 71.8 Å². The predicted molar refractivity (Wildman–Crippen MR) is 48.5 cm³/mol. The highest BCUT2D eigenvalue weighted by Crippen LogP contribution is 2.17. The van der Waals surface area contributed by atoms with Crippen LogP contribution in [-0.4, -0.2) is 10.9 Å². The molecule has 0 spiro atoms. The molecule has 0 saturated heterocycles. The van der Waals surface area contributed by atoms with Gasteiger partial charge < -0.3 is 5.11 Å². The van der Waals surface area contributed by atoms with Crippen molar-refractivity contribution in [3.63, 3.8) is 0 Å². The molecule has 0 radical (unpaired) electrons. The van der Waals surface area contributed by atoms with Gasteiger partial charge in [0.15, 0.2) is 11.9 Å². The number of carbonyl (C=O) groups is 1. The number of ketones is 1. The van der Waals surface area contributed by atoms with Crippen LogP contribution in [0.25, 0.3) is 0 Å². The van der Waals surface area contributed by atoms with Crippen molar-refractivity contribution in [2.45, 2.75) is 20.0 Å². The van der Waals surface area contributed by atoms with Gasteiger partial charge in [0.1, 0.15) is 0 Å². The molecule has 0 fully saturated rings. The first-order valence-corrected chi connectivity index (χ1v) is 3.94. The Balaban J connectivity index is 3.17. The van der Waals surface area contributed by atoms with Crippen LogP contribution in [-0.2, 0) is 0 Å². The van der Waals surface area contributed by atoms with Crippen LogP contribution in [0.1, 0.15) is 35.9 Å². The summed E-state index contributed by atoms with van der Waals surface area (Å²) in [6.07, 6.45) is -0.329. The third-order valence-electron chi connectivity index (χ3n) is 1.81. The summed E-state index contributed by atoms with van der Waals surface area (Å²) in [7, 11) is 0. The molecule has 1 aromatic carbocycles. The fourth-order valence-electron chi connectivity index (χ4n) is 1.20. The first-order chi connectivity index (χ1) is 5.63. The summed E-state index contributed by atoms with van der Waals surface area (Å²) in [5, 5.41) is 7.50. The summed E-state index contributed by atoms with van der Waals surface area (Å²) in [6, 6.07) is 7.27. The Morgan fingerprint density at radius 3 is 2.42 bits per heavy atom. The Hall–Kier alpha value is -1.15. The van der Waals surface area contributed by atoms with E-state index in [2.05, 4.69) is 0 Å². The molecule has 12 heavy (non-hydrogen) atoms. The Morgan fingerprint density at radius 1 is 1.42 bits per heavy atom. The highest BCUT2D eigenvalue weighted by Gasteiger charge is 2.12. The molecule has 0 heterocycles. The molecule has 0 aromatic heterocycles. The quantitative estimate of drug-likeness (QED) is 0.485. The zero-order chi connectivity index (χ0) is 9.14. The van der Waals surface area contributed by atoms with Gasteiger partial charge in [-0.25, -0.2) is 0 Å². The van der Waals surface area contributed by atoms with Crippen LogP contribution in [0.3, 0.4) is 0 Å². The number of carbonyl (C=O) groups excluding carboxylic acids is 1. The molecule has 2 heteroatoms. The zero-order valence-corrected chi connectivity index (χ0v) is 7.29. The van der Waals surface area contributed by atoms with Gasteiger partial charge in [0.05, 0.1) is 0 Å². The second kappa shape index (κ2) is 3.50. The first-order valence-electron chi connectivity index (χ1n) is 3.94. The number of hydrogen-bond acceptors (Lipinski definition) is 1. The average molecular weight is 165 g/mol. The van der Waals surface area contributed by atoms with Crippen LogP contribution in [0.15, 0.2) is 24.3 Å². The second-order valence-electron chi connectivity index (χ2n) is 2.87. The molecule has 2 N–H and O–H groups in total. The zero-order valence-electron chi connectivity index (χ0n) is 7.29. The van der Waals surface area contributed by atoms with Crippen molar-refractivity contribution in [2.24, 2.45) is 0 Å². The van der Waals surface area contributed by atoms with Gasteiger partial charge in [0, 0.05) is 18.1 Å². The van der Waals surface area contributed by atoms with E-state index in [1.54, 1.807) is 13.0 Å². The van der Waals surface area contributed by atoms with E-state index in [9.17, 15) is 4.79 Å². The lowest BCUT2D eigenvalue weighted by atomic mass is 10.0. The van der Waals surface area contributed by atoms with E-state index < -0.39 is 0 Å². The molecule has 2 nitrogen and oxygen atoms in total. The van der Waals surface area contributed by atoms with Crippen LogP contribution in [0.4, 0.5) is 0 Å². The van der Waals surface area contributed by atoms with E-state index in [4.69, 9.17) is 5.11 Å². The second-order valence-corrected chi connectivity index (χ2v) is 2.87. The Kier molecular flexibility index (Phi) is 2.61. The molecule has 1 aromatic rings. The summed E-state index contributed by atoms with van der Waals surface area (Å²) in [4.78, 5) is 11.1. The van der Waals surface area contributed by atoms with E-state index >= 15 is 0 Å². The largest absolute Gasteiger partial charge is 0.440 e. The fraction of sp³-hybridized carbons (Fsp3) is 0.300. The van der Waals surface area contributed by atoms with Crippen LogP contribution in [0.2, 0.25) is 0 Å². The molecule has 0 amide bonds. The maximum Gasteiger partial charge on any atom is 0.177 e. The van der Waals surface area contributed by atoms with Crippen LogP contribution in [0.5, 0.6) is 0 Å². The van der Waals surface area contributed by atoms with Gasteiger partial charge in [-0.2, -0.15) is 0 Å². The van der Waals surface area contributed by atoms with E-state index in [1.165, 1.54) is 6.92 Å². The van der Waals surface area contributed by atoms with Crippen molar-refractivity contribution in [1.82, 2.24) is 0 Å². The summed E-state index contributed by atoms with van der Waals surface area (Å²) in [5.41, 5.74) is 1.48. The third-order valence-corrected chi connectivity index (χ3v) is 1.81. The maximum absolute atomic E-state index is 11.1. The SMILES string of the molecule is CC(=O)c1ccccc1[C@H](C)[OH2+]. The van der Waals surface area contributed by atoms with Gasteiger partial charge in [-0.1, -0.05) is 24.3 Å². The molecule has 64 valence electrons. The lowest BCUT2D eigenvalue weighted by Gasteiger charge is -2.05. The maximum atomic E-state index is 11.1. The van der Waals surface area contributed by atoms with Gasteiger partial charge in [-0.3, -0.25) is 4.79 Å².